The first-order valence-corrected chi connectivity index (χ1v) is 15.7. The van der Waals surface area contributed by atoms with Gasteiger partial charge in [-0.2, -0.15) is 22.0 Å². The normalized spacial score (nSPS) is 20.3. The summed E-state index contributed by atoms with van der Waals surface area (Å²) in [6.45, 7) is 2.30. The third kappa shape index (κ3) is 8.67. The molecule has 1 aliphatic carbocycles. The Morgan fingerprint density at radius 1 is 0.825 bits per heavy atom. The van der Waals surface area contributed by atoms with Crippen LogP contribution in [0.25, 0.3) is 0 Å². The maximum atomic E-state index is 12.9. The van der Waals surface area contributed by atoms with Crippen molar-refractivity contribution in [3.63, 3.8) is 0 Å². The van der Waals surface area contributed by atoms with E-state index in [0.29, 0.717) is 18.1 Å². The lowest BCUT2D eigenvalue weighted by atomic mass is 9.60. The van der Waals surface area contributed by atoms with E-state index in [2.05, 4.69) is 13.0 Å². The lowest BCUT2D eigenvalue weighted by Gasteiger charge is -2.43. The van der Waals surface area contributed by atoms with Gasteiger partial charge in [-0.3, -0.25) is 4.21 Å². The van der Waals surface area contributed by atoms with Crippen LogP contribution in [0.5, 0.6) is 11.5 Å². The van der Waals surface area contributed by atoms with Crippen LogP contribution in [0.15, 0.2) is 42.5 Å². The fourth-order valence-electron chi connectivity index (χ4n) is 5.92. The van der Waals surface area contributed by atoms with Gasteiger partial charge in [-0.25, -0.2) is 0 Å². The van der Waals surface area contributed by atoms with Crippen molar-refractivity contribution in [1.29, 1.82) is 0 Å². The molecule has 0 amide bonds. The molecule has 0 bridgehead atoms. The molecular weight excluding hydrogens is 547 g/mol. The second kappa shape index (κ2) is 14.1. The van der Waals surface area contributed by atoms with Crippen molar-refractivity contribution < 1.29 is 36.4 Å². The summed E-state index contributed by atoms with van der Waals surface area (Å²) in [6, 6.07) is 13.2. The molecule has 2 aromatic carbocycles. The molecule has 0 saturated carbocycles. The predicted molar refractivity (Wildman–Crippen MR) is 150 cm³/mol. The standard InChI is InChI=1S/C31H41F5O3S/c1-29(24-11-13-25(37)14-12-24)19-17-23-22-26(38)15-16-27(23)28(29)10-7-5-3-2-4-6-8-20-40(39)21-9-18-30(32,33)31(34,35)36/h11-16,22,28,37-38H,2-10,17-21H2,1H3/t28-,29-,40?/m1/s1. The number of hydrogen-bond donors (Lipinski definition) is 2. The number of aromatic hydroxyl groups is 2. The van der Waals surface area contributed by atoms with E-state index in [0.717, 1.165) is 57.8 Å². The Morgan fingerprint density at radius 3 is 2.05 bits per heavy atom. The summed E-state index contributed by atoms with van der Waals surface area (Å²) in [5.41, 5.74) is 3.62. The summed E-state index contributed by atoms with van der Waals surface area (Å²) in [6.07, 6.45) is 2.36. The van der Waals surface area contributed by atoms with E-state index in [-0.39, 0.29) is 22.7 Å². The quantitative estimate of drug-likeness (QED) is 0.161. The van der Waals surface area contributed by atoms with Gasteiger partial charge in [0, 0.05) is 28.7 Å². The molecule has 9 heteroatoms. The number of fused-ring (bicyclic) bond motifs is 1. The molecule has 0 radical (unpaired) electrons. The van der Waals surface area contributed by atoms with Gasteiger partial charge in [0.05, 0.1) is 0 Å². The molecule has 1 aliphatic rings. The topological polar surface area (TPSA) is 57.5 Å². The lowest BCUT2D eigenvalue weighted by molar-refractivity contribution is -0.284. The fraction of sp³-hybridized carbons (Fsp3) is 0.613. The molecule has 0 aromatic heterocycles. The Morgan fingerprint density at radius 2 is 1.40 bits per heavy atom. The van der Waals surface area contributed by atoms with E-state index >= 15 is 0 Å². The van der Waals surface area contributed by atoms with Gasteiger partial charge in [-0.15, -0.1) is 0 Å². The van der Waals surface area contributed by atoms with Gasteiger partial charge in [-0.05, 0) is 84.4 Å². The molecule has 2 N–H and O–H groups in total. The molecule has 0 heterocycles. The summed E-state index contributed by atoms with van der Waals surface area (Å²) in [7, 11) is -1.37. The first-order valence-electron chi connectivity index (χ1n) is 14.2. The van der Waals surface area contributed by atoms with E-state index in [1.165, 1.54) is 16.7 Å². The van der Waals surface area contributed by atoms with Crippen LogP contribution < -0.4 is 0 Å². The summed E-state index contributed by atoms with van der Waals surface area (Å²) in [5, 5.41) is 19.8. The maximum absolute atomic E-state index is 12.9. The minimum atomic E-state index is -5.55. The van der Waals surface area contributed by atoms with Crippen molar-refractivity contribution in [3.05, 3.63) is 59.2 Å². The third-order valence-corrected chi connectivity index (χ3v) is 9.84. The first-order chi connectivity index (χ1) is 18.8. The second-order valence-electron chi connectivity index (χ2n) is 11.3. The Balaban J connectivity index is 1.38. The molecule has 0 aliphatic heterocycles. The van der Waals surface area contributed by atoms with Crippen LogP contribution in [0.1, 0.15) is 100 Å². The monoisotopic (exact) mass is 588 g/mol. The van der Waals surface area contributed by atoms with Crippen molar-refractivity contribution in [2.45, 2.75) is 107 Å². The van der Waals surface area contributed by atoms with Crippen molar-refractivity contribution in [3.8, 4) is 11.5 Å². The molecule has 224 valence electrons. The van der Waals surface area contributed by atoms with Crippen molar-refractivity contribution in [2.24, 2.45) is 0 Å². The molecule has 3 rings (SSSR count). The summed E-state index contributed by atoms with van der Waals surface area (Å²) in [5.74, 6) is -3.67. The third-order valence-electron chi connectivity index (χ3n) is 8.35. The summed E-state index contributed by atoms with van der Waals surface area (Å²) >= 11 is 0. The SMILES string of the molecule is C[C@]1(c2ccc(O)cc2)CCc2cc(O)ccc2[C@H]1CCCCCCCCCS(=O)CCCC(F)(F)C(F)(F)F. The van der Waals surface area contributed by atoms with Gasteiger partial charge in [0.15, 0.2) is 0 Å². The van der Waals surface area contributed by atoms with Crippen molar-refractivity contribution >= 4 is 10.8 Å². The zero-order valence-corrected chi connectivity index (χ0v) is 23.9. The van der Waals surface area contributed by atoms with Crippen molar-refractivity contribution in [2.75, 3.05) is 11.5 Å². The van der Waals surface area contributed by atoms with Crippen LogP contribution in [-0.4, -0.2) is 38.0 Å². The van der Waals surface area contributed by atoms with Crippen LogP contribution in [0.4, 0.5) is 22.0 Å². The molecule has 1 unspecified atom stereocenters. The molecule has 3 atom stereocenters. The smallest absolute Gasteiger partial charge is 0.453 e. The van der Waals surface area contributed by atoms with Crippen LogP contribution in [0.2, 0.25) is 0 Å². The zero-order valence-electron chi connectivity index (χ0n) is 23.1. The molecule has 3 nitrogen and oxygen atoms in total. The fourth-order valence-corrected chi connectivity index (χ4v) is 7.11. The van der Waals surface area contributed by atoms with Gasteiger partial charge in [0.2, 0.25) is 0 Å². The van der Waals surface area contributed by atoms with Gasteiger partial charge in [0.25, 0.3) is 0 Å². The largest absolute Gasteiger partial charge is 0.508 e. The van der Waals surface area contributed by atoms with E-state index in [9.17, 15) is 36.4 Å². The van der Waals surface area contributed by atoms with E-state index in [1.807, 2.05) is 18.2 Å². The van der Waals surface area contributed by atoms with E-state index in [1.54, 1.807) is 18.2 Å². The molecule has 0 spiro atoms. The highest BCUT2D eigenvalue weighted by molar-refractivity contribution is 7.84. The second-order valence-corrected chi connectivity index (χ2v) is 13.0. The lowest BCUT2D eigenvalue weighted by Crippen LogP contribution is -2.36. The average molecular weight is 589 g/mol. The Hall–Kier alpha value is -2.16. The number of benzene rings is 2. The number of phenols is 2. The van der Waals surface area contributed by atoms with Crippen molar-refractivity contribution in [1.82, 2.24) is 0 Å². The highest BCUT2D eigenvalue weighted by atomic mass is 32.2. The van der Waals surface area contributed by atoms with Gasteiger partial charge < -0.3 is 10.2 Å². The maximum Gasteiger partial charge on any atom is 0.453 e. The van der Waals surface area contributed by atoms with E-state index < -0.39 is 35.7 Å². The Kier molecular flexibility index (Phi) is 11.4. The van der Waals surface area contributed by atoms with Gasteiger partial charge in [-0.1, -0.05) is 63.6 Å². The first kappa shape index (κ1) is 32.4. The van der Waals surface area contributed by atoms with Crippen LogP contribution >= 0.6 is 0 Å². The molecular formula is C31H41F5O3S. The molecule has 0 saturated heterocycles. The average Bonchev–Trinajstić information content (AvgIpc) is 2.88. The summed E-state index contributed by atoms with van der Waals surface area (Å²) in [4.78, 5) is 0. The van der Waals surface area contributed by atoms with Crippen LogP contribution in [0.3, 0.4) is 0 Å². The van der Waals surface area contributed by atoms with Gasteiger partial charge >= 0.3 is 12.1 Å². The highest BCUT2D eigenvalue weighted by Gasteiger charge is 2.56. The number of aryl methyl sites for hydroxylation is 1. The zero-order chi connectivity index (χ0) is 29.4. The number of rotatable bonds is 15. The minimum absolute atomic E-state index is 0.0734. The Bertz CT molecular complexity index is 1100. The Labute approximate surface area is 236 Å². The highest BCUT2D eigenvalue weighted by Crippen LogP contribution is 2.50. The predicted octanol–water partition coefficient (Wildman–Crippen LogP) is 8.93. The summed E-state index contributed by atoms with van der Waals surface area (Å²) < 4.78 is 74.4. The van der Waals surface area contributed by atoms with Gasteiger partial charge in [0.1, 0.15) is 11.5 Å². The number of phenolic OH excluding ortho intramolecular Hbond substituents is 2. The molecule has 2 aromatic rings. The number of alkyl halides is 5. The molecule has 0 fully saturated rings. The molecule has 40 heavy (non-hydrogen) atoms. The number of hydrogen-bond acceptors (Lipinski definition) is 3. The number of halogens is 5. The number of unbranched alkanes of at least 4 members (excludes halogenated alkanes) is 6. The van der Waals surface area contributed by atoms with E-state index in [4.69, 9.17) is 0 Å². The van der Waals surface area contributed by atoms with Crippen LogP contribution in [-0.2, 0) is 22.6 Å². The minimum Gasteiger partial charge on any atom is -0.508 e. The van der Waals surface area contributed by atoms with Crippen LogP contribution in [0, 0.1) is 0 Å².